The number of aryl methyl sites for hydroxylation is 1. The number of rotatable bonds is 6. The molecule has 25 heavy (non-hydrogen) atoms. The summed E-state index contributed by atoms with van der Waals surface area (Å²) in [5.41, 5.74) is 3.03. The number of nitrogens with zero attached hydrogens (tertiary/aromatic N) is 1. The van der Waals surface area contributed by atoms with Gasteiger partial charge in [-0.05, 0) is 42.8 Å². The van der Waals surface area contributed by atoms with Crippen molar-refractivity contribution in [1.82, 2.24) is 4.98 Å². The van der Waals surface area contributed by atoms with Gasteiger partial charge in [0.1, 0.15) is 12.1 Å². The van der Waals surface area contributed by atoms with Crippen LogP contribution in [0.25, 0.3) is 11.5 Å². The third-order valence-electron chi connectivity index (χ3n) is 3.52. The minimum atomic E-state index is -0.315. The Labute approximate surface area is 149 Å². The minimum Gasteiger partial charge on any atom is -0.444 e. The lowest BCUT2D eigenvalue weighted by molar-refractivity contribution is -0.113. The minimum absolute atomic E-state index is 0.133. The van der Waals surface area contributed by atoms with E-state index in [9.17, 15) is 9.18 Å². The first-order valence-corrected chi connectivity index (χ1v) is 8.91. The van der Waals surface area contributed by atoms with Gasteiger partial charge in [0.05, 0.1) is 11.4 Å². The second kappa shape index (κ2) is 7.98. The van der Waals surface area contributed by atoms with Crippen LogP contribution >= 0.6 is 11.8 Å². The van der Waals surface area contributed by atoms with Gasteiger partial charge in [0, 0.05) is 17.0 Å². The molecule has 3 rings (SSSR count). The van der Waals surface area contributed by atoms with Gasteiger partial charge in [0.15, 0.2) is 0 Å². The van der Waals surface area contributed by atoms with Crippen molar-refractivity contribution in [2.45, 2.75) is 12.7 Å². The second-order valence-corrected chi connectivity index (χ2v) is 6.50. The first kappa shape index (κ1) is 17.2. The predicted molar refractivity (Wildman–Crippen MR) is 97.9 cm³/mol. The Kier molecular flexibility index (Phi) is 5.50. The number of halogens is 1. The Hall–Kier alpha value is -2.60. The Morgan fingerprint density at radius 1 is 1.24 bits per heavy atom. The lowest BCUT2D eigenvalue weighted by Crippen LogP contribution is -2.15. The van der Waals surface area contributed by atoms with Gasteiger partial charge in [-0.15, -0.1) is 11.8 Å². The number of oxazole rings is 1. The van der Waals surface area contributed by atoms with E-state index >= 15 is 0 Å². The fourth-order valence-electron chi connectivity index (χ4n) is 2.29. The van der Waals surface area contributed by atoms with Crippen molar-refractivity contribution in [2.75, 3.05) is 11.1 Å². The van der Waals surface area contributed by atoms with Crippen LogP contribution in [0.4, 0.5) is 10.1 Å². The highest BCUT2D eigenvalue weighted by Crippen LogP contribution is 2.21. The van der Waals surface area contributed by atoms with Crippen LogP contribution in [0.5, 0.6) is 0 Å². The Morgan fingerprint density at radius 3 is 2.80 bits per heavy atom. The summed E-state index contributed by atoms with van der Waals surface area (Å²) in [6.07, 6.45) is 1.61. The standard InChI is InChI=1S/C19H17FN2O2S/c1-13-9-15(20)7-8-17(13)22-18(23)12-25-11-16-10-24-19(21-16)14-5-3-2-4-6-14/h2-10H,11-12H2,1H3,(H,22,23). The zero-order valence-corrected chi connectivity index (χ0v) is 14.5. The van der Waals surface area contributed by atoms with Crippen LogP contribution in [0.2, 0.25) is 0 Å². The largest absolute Gasteiger partial charge is 0.444 e. The number of benzene rings is 2. The van der Waals surface area contributed by atoms with Gasteiger partial charge in [-0.25, -0.2) is 9.37 Å². The third kappa shape index (κ3) is 4.70. The highest BCUT2D eigenvalue weighted by Gasteiger charge is 2.09. The molecule has 0 radical (unpaired) electrons. The third-order valence-corrected chi connectivity index (χ3v) is 4.48. The summed E-state index contributed by atoms with van der Waals surface area (Å²) in [5, 5.41) is 2.78. The molecular weight excluding hydrogens is 339 g/mol. The lowest BCUT2D eigenvalue weighted by atomic mass is 10.2. The van der Waals surface area contributed by atoms with Gasteiger partial charge in [-0.1, -0.05) is 18.2 Å². The highest BCUT2D eigenvalue weighted by atomic mass is 32.2. The molecule has 128 valence electrons. The molecule has 3 aromatic rings. The molecule has 0 bridgehead atoms. The number of nitrogens with one attached hydrogen (secondary N) is 1. The molecule has 6 heteroatoms. The van der Waals surface area contributed by atoms with Crippen molar-refractivity contribution in [3.05, 3.63) is 71.9 Å². The number of carbonyl (C=O) groups excluding carboxylic acids is 1. The number of aromatic nitrogens is 1. The summed E-state index contributed by atoms with van der Waals surface area (Å²) < 4.78 is 18.5. The average Bonchev–Trinajstić information content (AvgIpc) is 3.07. The van der Waals surface area contributed by atoms with Gasteiger partial charge >= 0.3 is 0 Å². The molecule has 1 heterocycles. The van der Waals surface area contributed by atoms with Crippen molar-refractivity contribution in [2.24, 2.45) is 0 Å². The molecule has 2 aromatic carbocycles. The molecule has 4 nitrogen and oxygen atoms in total. The summed E-state index contributed by atoms with van der Waals surface area (Å²) in [6.45, 7) is 1.76. The maximum atomic E-state index is 13.1. The van der Waals surface area contributed by atoms with E-state index in [4.69, 9.17) is 4.42 Å². The SMILES string of the molecule is Cc1cc(F)ccc1NC(=O)CSCc1coc(-c2ccccc2)n1. The summed E-state index contributed by atoms with van der Waals surface area (Å²) in [6, 6.07) is 13.9. The zero-order chi connectivity index (χ0) is 17.6. The predicted octanol–water partition coefficient (Wildman–Crippen LogP) is 4.66. The topological polar surface area (TPSA) is 55.1 Å². The monoisotopic (exact) mass is 356 g/mol. The molecule has 0 saturated heterocycles. The molecule has 0 spiro atoms. The molecule has 0 aliphatic heterocycles. The van der Waals surface area contributed by atoms with E-state index < -0.39 is 0 Å². The van der Waals surface area contributed by atoms with Crippen LogP contribution in [-0.4, -0.2) is 16.6 Å². The Bertz CT molecular complexity index is 865. The van der Waals surface area contributed by atoms with Crippen molar-refractivity contribution in [1.29, 1.82) is 0 Å². The molecule has 1 N–H and O–H groups in total. The molecule has 0 atom stereocenters. The van der Waals surface area contributed by atoms with Gasteiger partial charge in [0.25, 0.3) is 0 Å². The van der Waals surface area contributed by atoms with E-state index in [2.05, 4.69) is 10.3 Å². The zero-order valence-electron chi connectivity index (χ0n) is 13.7. The number of hydrogen-bond donors (Lipinski definition) is 1. The van der Waals surface area contributed by atoms with Crippen LogP contribution in [0.3, 0.4) is 0 Å². The van der Waals surface area contributed by atoms with Crippen molar-refractivity contribution >= 4 is 23.4 Å². The quantitative estimate of drug-likeness (QED) is 0.698. The fourth-order valence-corrected chi connectivity index (χ4v) is 2.99. The number of amides is 1. The van der Waals surface area contributed by atoms with Gasteiger partial charge in [0.2, 0.25) is 11.8 Å². The summed E-state index contributed by atoms with van der Waals surface area (Å²) in [5.74, 6) is 0.982. The molecule has 0 saturated carbocycles. The molecule has 0 aliphatic rings. The summed E-state index contributed by atoms with van der Waals surface area (Å²) in [7, 11) is 0. The van der Waals surface area contributed by atoms with Crippen LogP contribution in [0.1, 0.15) is 11.3 Å². The van der Waals surface area contributed by atoms with E-state index in [-0.39, 0.29) is 17.5 Å². The molecule has 0 aliphatic carbocycles. The van der Waals surface area contributed by atoms with Crippen LogP contribution < -0.4 is 5.32 Å². The first-order valence-electron chi connectivity index (χ1n) is 7.75. The van der Waals surface area contributed by atoms with Crippen LogP contribution in [0.15, 0.2) is 59.2 Å². The van der Waals surface area contributed by atoms with Crippen molar-refractivity contribution in [3.63, 3.8) is 0 Å². The van der Waals surface area contributed by atoms with E-state index in [0.717, 1.165) is 11.3 Å². The van der Waals surface area contributed by atoms with Gasteiger partial charge in [-0.3, -0.25) is 4.79 Å². The number of anilines is 1. The van der Waals surface area contributed by atoms with Crippen LogP contribution in [-0.2, 0) is 10.5 Å². The lowest BCUT2D eigenvalue weighted by Gasteiger charge is -2.07. The smallest absolute Gasteiger partial charge is 0.234 e. The van der Waals surface area contributed by atoms with E-state index in [0.29, 0.717) is 22.9 Å². The van der Waals surface area contributed by atoms with Gasteiger partial charge < -0.3 is 9.73 Å². The number of hydrogen-bond acceptors (Lipinski definition) is 4. The molecular formula is C19H17FN2O2S. The normalized spacial score (nSPS) is 10.6. The summed E-state index contributed by atoms with van der Waals surface area (Å²) in [4.78, 5) is 16.4. The van der Waals surface area contributed by atoms with Crippen molar-refractivity contribution < 1.29 is 13.6 Å². The van der Waals surface area contributed by atoms with Crippen molar-refractivity contribution in [3.8, 4) is 11.5 Å². The highest BCUT2D eigenvalue weighted by molar-refractivity contribution is 7.99. The molecule has 0 fully saturated rings. The Morgan fingerprint density at radius 2 is 2.04 bits per heavy atom. The maximum Gasteiger partial charge on any atom is 0.234 e. The van der Waals surface area contributed by atoms with E-state index in [1.165, 1.54) is 23.9 Å². The number of carbonyl (C=O) groups is 1. The fraction of sp³-hybridized carbons (Fsp3) is 0.158. The Balaban J connectivity index is 1.49. The molecule has 1 aromatic heterocycles. The average molecular weight is 356 g/mol. The number of thioether (sulfide) groups is 1. The summed E-state index contributed by atoms with van der Waals surface area (Å²) >= 11 is 1.44. The van der Waals surface area contributed by atoms with Gasteiger partial charge in [-0.2, -0.15) is 0 Å². The van der Waals surface area contributed by atoms with E-state index in [1.54, 1.807) is 19.3 Å². The molecule has 1 amide bonds. The first-order chi connectivity index (χ1) is 12.1. The van der Waals surface area contributed by atoms with Crippen LogP contribution in [0, 0.1) is 12.7 Å². The van der Waals surface area contributed by atoms with E-state index in [1.807, 2.05) is 30.3 Å². The second-order valence-electron chi connectivity index (χ2n) is 5.51. The maximum absolute atomic E-state index is 13.1. The molecule has 0 unspecified atom stereocenters.